The molecule has 0 saturated heterocycles. The van der Waals surface area contributed by atoms with Crippen LogP contribution in [0.25, 0.3) is 0 Å². The molecule has 1 amide bonds. The standard InChI is InChI=1S/C89H169NO5/c1-3-5-7-9-11-13-15-17-19-21-22-23-41-44-47-50-53-57-61-65-69-73-77-81-87(92)86(85-91)90-88(93)82-78-74-70-66-62-58-54-51-48-45-42-39-37-35-33-31-29-27-25-24-26-28-30-32-34-36-38-40-43-46-49-52-56-60-64-68-72-76-80-84-95-89(94)83-79-75-71-67-63-59-55-20-18-16-14-12-10-8-6-4-2/h20,24-25,28,30,55,77,81,86-87,91-92H,3-19,21-23,26-27,29,31-54,56-76,78-80,82-85H2,1-2H3,(H,90,93)/b25-24-,30-28-,55-20-,81-77+. The summed E-state index contributed by atoms with van der Waals surface area (Å²) in [6, 6.07) is -0.628. The molecule has 0 aliphatic rings. The Bertz CT molecular complexity index is 1590. The summed E-state index contributed by atoms with van der Waals surface area (Å²) >= 11 is 0. The number of carbonyl (C=O) groups is 2. The molecule has 95 heavy (non-hydrogen) atoms. The van der Waals surface area contributed by atoms with Crippen LogP contribution in [0.5, 0.6) is 0 Å². The Balaban J connectivity index is 3.38. The van der Waals surface area contributed by atoms with Gasteiger partial charge in [0, 0.05) is 12.8 Å². The van der Waals surface area contributed by atoms with Crippen LogP contribution in [0.3, 0.4) is 0 Å². The Kier molecular flexibility index (Phi) is 82.3. The molecular formula is C89H169NO5. The molecular weight excluding hydrogens is 1160 g/mol. The van der Waals surface area contributed by atoms with Crippen LogP contribution in [0.15, 0.2) is 48.6 Å². The lowest BCUT2D eigenvalue weighted by Crippen LogP contribution is -2.45. The Morgan fingerprint density at radius 3 is 0.811 bits per heavy atom. The highest BCUT2D eigenvalue weighted by Crippen LogP contribution is 2.20. The minimum absolute atomic E-state index is 0.0134. The summed E-state index contributed by atoms with van der Waals surface area (Å²) in [5.41, 5.74) is 0. The average Bonchev–Trinajstić information content (AvgIpc) is 3.06. The molecule has 6 nitrogen and oxygen atoms in total. The lowest BCUT2D eigenvalue weighted by Gasteiger charge is -2.20. The Labute approximate surface area is 595 Å². The highest BCUT2D eigenvalue weighted by Gasteiger charge is 2.18. The maximum absolute atomic E-state index is 12.6. The number of aliphatic hydroxyl groups excluding tert-OH is 2. The summed E-state index contributed by atoms with van der Waals surface area (Å²) in [6.45, 7) is 4.95. The number of rotatable bonds is 82. The Hall–Kier alpha value is -2.18. The molecule has 0 aliphatic carbocycles. The van der Waals surface area contributed by atoms with Crippen molar-refractivity contribution in [3.05, 3.63) is 48.6 Å². The number of aliphatic hydroxyl groups is 2. The van der Waals surface area contributed by atoms with Crippen LogP contribution >= 0.6 is 0 Å². The van der Waals surface area contributed by atoms with Crippen molar-refractivity contribution in [2.75, 3.05) is 13.2 Å². The number of esters is 1. The third-order valence-corrected chi connectivity index (χ3v) is 20.3. The van der Waals surface area contributed by atoms with Gasteiger partial charge in [0.05, 0.1) is 25.4 Å². The number of allylic oxidation sites excluding steroid dienone is 7. The number of hydrogen-bond acceptors (Lipinski definition) is 5. The first-order valence-corrected chi connectivity index (χ1v) is 43.4. The summed E-state index contributed by atoms with van der Waals surface area (Å²) in [5.74, 6) is -0.0465. The van der Waals surface area contributed by atoms with Crippen LogP contribution < -0.4 is 5.32 Å². The molecule has 6 heteroatoms. The fourth-order valence-corrected chi connectivity index (χ4v) is 13.7. The quantitative estimate of drug-likeness (QED) is 0.0320. The molecule has 0 saturated carbocycles. The molecule has 0 aromatic heterocycles. The number of amides is 1. The van der Waals surface area contributed by atoms with Crippen LogP contribution in [0.1, 0.15) is 483 Å². The van der Waals surface area contributed by atoms with Gasteiger partial charge in [0.25, 0.3) is 0 Å². The van der Waals surface area contributed by atoms with Gasteiger partial charge in [-0.2, -0.15) is 0 Å². The lowest BCUT2D eigenvalue weighted by atomic mass is 10.0. The number of unbranched alkanes of at least 4 members (excludes halogenated alkanes) is 65. The number of hydrogen-bond donors (Lipinski definition) is 3. The van der Waals surface area contributed by atoms with Gasteiger partial charge in [-0.25, -0.2) is 0 Å². The summed E-state index contributed by atoms with van der Waals surface area (Å²) in [5, 5.41) is 23.3. The van der Waals surface area contributed by atoms with E-state index in [9.17, 15) is 19.8 Å². The zero-order chi connectivity index (χ0) is 68.4. The molecule has 560 valence electrons. The van der Waals surface area contributed by atoms with E-state index in [0.717, 1.165) is 51.4 Å². The smallest absolute Gasteiger partial charge is 0.305 e. The van der Waals surface area contributed by atoms with E-state index in [1.807, 2.05) is 6.08 Å². The highest BCUT2D eigenvalue weighted by molar-refractivity contribution is 5.76. The van der Waals surface area contributed by atoms with Gasteiger partial charge in [-0.1, -0.05) is 428 Å². The van der Waals surface area contributed by atoms with Crippen molar-refractivity contribution in [2.45, 2.75) is 495 Å². The zero-order valence-corrected chi connectivity index (χ0v) is 64.4. The molecule has 0 aliphatic heterocycles. The second-order valence-corrected chi connectivity index (χ2v) is 29.9. The van der Waals surface area contributed by atoms with Gasteiger partial charge in [0.1, 0.15) is 0 Å². The van der Waals surface area contributed by atoms with Gasteiger partial charge in [-0.05, 0) is 89.9 Å². The maximum atomic E-state index is 12.6. The third-order valence-electron chi connectivity index (χ3n) is 20.3. The van der Waals surface area contributed by atoms with E-state index in [4.69, 9.17) is 4.74 Å². The monoisotopic (exact) mass is 1330 g/mol. The van der Waals surface area contributed by atoms with Crippen LogP contribution in [-0.4, -0.2) is 47.4 Å². The zero-order valence-electron chi connectivity index (χ0n) is 64.4. The van der Waals surface area contributed by atoms with Gasteiger partial charge >= 0.3 is 5.97 Å². The van der Waals surface area contributed by atoms with Gasteiger partial charge in [0.2, 0.25) is 5.91 Å². The molecule has 3 N–H and O–H groups in total. The number of nitrogens with one attached hydrogen (secondary N) is 1. The van der Waals surface area contributed by atoms with Gasteiger partial charge < -0.3 is 20.3 Å². The van der Waals surface area contributed by atoms with Gasteiger partial charge in [-0.3, -0.25) is 9.59 Å². The van der Waals surface area contributed by atoms with Crippen LogP contribution in [0, 0.1) is 0 Å². The fraction of sp³-hybridized carbons (Fsp3) is 0.888. The van der Waals surface area contributed by atoms with Crippen LogP contribution in [0.4, 0.5) is 0 Å². The summed E-state index contributed by atoms with van der Waals surface area (Å²) in [6.07, 6.45) is 113. The minimum Gasteiger partial charge on any atom is -0.466 e. The minimum atomic E-state index is -0.844. The molecule has 0 rings (SSSR count). The van der Waals surface area contributed by atoms with Crippen molar-refractivity contribution in [3.8, 4) is 0 Å². The third kappa shape index (κ3) is 80.7. The molecule has 0 aromatic rings. The van der Waals surface area contributed by atoms with E-state index in [1.165, 1.54) is 405 Å². The average molecular weight is 1330 g/mol. The van der Waals surface area contributed by atoms with Crippen molar-refractivity contribution in [3.63, 3.8) is 0 Å². The Morgan fingerprint density at radius 1 is 0.295 bits per heavy atom. The first-order valence-electron chi connectivity index (χ1n) is 43.4. The topological polar surface area (TPSA) is 95.9 Å². The summed E-state index contributed by atoms with van der Waals surface area (Å²) in [7, 11) is 0. The first kappa shape index (κ1) is 92.8. The van der Waals surface area contributed by atoms with E-state index in [1.54, 1.807) is 6.08 Å². The predicted molar refractivity (Wildman–Crippen MR) is 421 cm³/mol. The van der Waals surface area contributed by atoms with E-state index < -0.39 is 12.1 Å². The van der Waals surface area contributed by atoms with E-state index in [2.05, 4.69) is 55.6 Å². The van der Waals surface area contributed by atoms with E-state index >= 15 is 0 Å². The van der Waals surface area contributed by atoms with Crippen molar-refractivity contribution in [1.82, 2.24) is 5.32 Å². The Morgan fingerprint density at radius 2 is 0.526 bits per heavy atom. The maximum Gasteiger partial charge on any atom is 0.305 e. The van der Waals surface area contributed by atoms with E-state index in [-0.39, 0.29) is 18.5 Å². The van der Waals surface area contributed by atoms with Crippen LogP contribution in [0.2, 0.25) is 0 Å². The SMILES string of the molecule is CCCCCCCCC/C=C\CCCCCCCC(=O)OCCCCCCCCCCCCCCCCC/C=C\C/C=C\CCCCCCCCCCCCCCCCCCCC(=O)NC(CO)C(O)/C=C/CCCCCCCCCCCCCCCCCCCCCCC. The second-order valence-electron chi connectivity index (χ2n) is 29.9. The molecule has 0 aromatic carbocycles. The molecule has 2 atom stereocenters. The highest BCUT2D eigenvalue weighted by atomic mass is 16.5. The van der Waals surface area contributed by atoms with Gasteiger partial charge in [-0.15, -0.1) is 0 Å². The molecule has 0 bridgehead atoms. The summed E-state index contributed by atoms with van der Waals surface area (Å²) in [4.78, 5) is 24.7. The van der Waals surface area contributed by atoms with Gasteiger partial charge in [0.15, 0.2) is 0 Å². The molecule has 0 spiro atoms. The normalized spacial score (nSPS) is 12.7. The molecule has 0 radical (unpaired) electrons. The number of ether oxygens (including phenoxy) is 1. The predicted octanol–water partition coefficient (Wildman–Crippen LogP) is 29.1. The van der Waals surface area contributed by atoms with E-state index in [0.29, 0.717) is 19.4 Å². The largest absolute Gasteiger partial charge is 0.466 e. The van der Waals surface area contributed by atoms with Crippen molar-refractivity contribution < 1.29 is 24.5 Å². The molecule has 2 unspecified atom stereocenters. The first-order chi connectivity index (χ1) is 47.0. The summed E-state index contributed by atoms with van der Waals surface area (Å²) < 4.78 is 5.50. The number of carbonyl (C=O) groups excluding carboxylic acids is 2. The molecule has 0 heterocycles. The van der Waals surface area contributed by atoms with Crippen LogP contribution in [-0.2, 0) is 14.3 Å². The second kappa shape index (κ2) is 84.2. The van der Waals surface area contributed by atoms with Crippen molar-refractivity contribution >= 4 is 11.9 Å². The fourth-order valence-electron chi connectivity index (χ4n) is 13.7. The lowest BCUT2D eigenvalue weighted by molar-refractivity contribution is -0.143. The van der Waals surface area contributed by atoms with Crippen molar-refractivity contribution in [1.29, 1.82) is 0 Å². The van der Waals surface area contributed by atoms with Crippen molar-refractivity contribution in [2.24, 2.45) is 0 Å². The molecule has 0 fully saturated rings.